The number of aliphatic imine (C=N–C) groups is 1. The molecule has 2 atom stereocenters. The van der Waals surface area contributed by atoms with E-state index in [1.165, 1.54) is 12.0 Å². The van der Waals surface area contributed by atoms with Gasteiger partial charge in [0.1, 0.15) is 0 Å². The molecule has 1 saturated carbocycles. The molecule has 2 unspecified atom stereocenters. The van der Waals surface area contributed by atoms with Gasteiger partial charge in [0.15, 0.2) is 5.96 Å². The zero-order valence-corrected chi connectivity index (χ0v) is 16.5. The maximum Gasteiger partial charge on any atom is 0.188 e. The van der Waals surface area contributed by atoms with Crippen LogP contribution in [0, 0.1) is 5.92 Å². The summed E-state index contributed by atoms with van der Waals surface area (Å²) in [7, 11) is 0. The smallest absolute Gasteiger partial charge is 0.188 e. The van der Waals surface area contributed by atoms with E-state index in [1.807, 2.05) is 0 Å². The minimum atomic E-state index is 0. The van der Waals surface area contributed by atoms with Crippen molar-refractivity contribution in [1.82, 2.24) is 10.2 Å². The van der Waals surface area contributed by atoms with Crippen LogP contribution in [-0.2, 0) is 4.74 Å². The Bertz CT molecular complexity index is 505. The van der Waals surface area contributed by atoms with Gasteiger partial charge in [0.05, 0.1) is 13.2 Å². The average Bonchev–Trinajstić information content (AvgIpc) is 3.38. The predicted molar refractivity (Wildman–Crippen MR) is 109 cm³/mol. The second kappa shape index (κ2) is 10.2. The molecule has 2 fully saturated rings. The van der Waals surface area contributed by atoms with E-state index in [-0.39, 0.29) is 24.0 Å². The molecule has 1 heterocycles. The summed E-state index contributed by atoms with van der Waals surface area (Å²) < 4.78 is 5.35. The molecule has 3 N–H and O–H groups in total. The molecular formula is C18H29IN4O. The summed E-state index contributed by atoms with van der Waals surface area (Å²) in [6.07, 6.45) is 2.32. The number of morpholine rings is 1. The van der Waals surface area contributed by atoms with E-state index < -0.39 is 0 Å². The molecule has 134 valence electrons. The normalized spacial score (nSPS) is 24.2. The largest absolute Gasteiger partial charge is 0.379 e. The Hall–Kier alpha value is -0.860. The molecule has 1 aromatic carbocycles. The van der Waals surface area contributed by atoms with Crippen molar-refractivity contribution in [3.05, 3.63) is 35.9 Å². The van der Waals surface area contributed by atoms with Gasteiger partial charge in [-0.05, 0) is 36.8 Å². The third-order valence-corrected chi connectivity index (χ3v) is 4.71. The van der Waals surface area contributed by atoms with E-state index in [4.69, 9.17) is 10.5 Å². The van der Waals surface area contributed by atoms with Crippen molar-refractivity contribution in [2.24, 2.45) is 16.6 Å². The van der Waals surface area contributed by atoms with E-state index in [0.717, 1.165) is 52.4 Å². The maximum absolute atomic E-state index is 5.96. The van der Waals surface area contributed by atoms with Gasteiger partial charge in [-0.1, -0.05) is 30.3 Å². The van der Waals surface area contributed by atoms with Crippen molar-refractivity contribution < 1.29 is 4.74 Å². The van der Waals surface area contributed by atoms with E-state index in [9.17, 15) is 0 Å². The first-order valence-electron chi connectivity index (χ1n) is 8.72. The zero-order chi connectivity index (χ0) is 15.9. The molecular weight excluding hydrogens is 415 g/mol. The topological polar surface area (TPSA) is 62.9 Å². The summed E-state index contributed by atoms with van der Waals surface area (Å²) in [4.78, 5) is 6.93. The molecule has 6 heteroatoms. The molecule has 1 aliphatic heterocycles. The standard InChI is InChI=1S/C18H28N4O.HI/c19-18(20-7-4-8-22-9-11-23-12-10-22)21-14-16-13-17(16)15-5-2-1-3-6-15;/h1-3,5-6,16-17H,4,7-14H2,(H3,19,20,21);1H. The maximum atomic E-state index is 5.96. The fourth-order valence-corrected chi connectivity index (χ4v) is 3.17. The summed E-state index contributed by atoms with van der Waals surface area (Å²) in [6.45, 7) is 6.64. The molecule has 3 rings (SSSR count). The fourth-order valence-electron chi connectivity index (χ4n) is 3.17. The molecule has 5 nitrogen and oxygen atoms in total. The van der Waals surface area contributed by atoms with Crippen molar-refractivity contribution in [2.45, 2.75) is 18.8 Å². The molecule has 1 aromatic rings. The van der Waals surface area contributed by atoms with Crippen LogP contribution in [0.1, 0.15) is 24.3 Å². The summed E-state index contributed by atoms with van der Waals surface area (Å²) in [6, 6.07) is 10.7. The van der Waals surface area contributed by atoms with Crippen LogP contribution in [0.25, 0.3) is 0 Å². The van der Waals surface area contributed by atoms with Gasteiger partial charge in [-0.3, -0.25) is 9.89 Å². The number of halogens is 1. The Balaban J connectivity index is 0.00000208. The summed E-state index contributed by atoms with van der Waals surface area (Å²) in [5.41, 5.74) is 7.39. The van der Waals surface area contributed by atoms with Crippen LogP contribution in [0.5, 0.6) is 0 Å². The first-order valence-corrected chi connectivity index (χ1v) is 8.72. The Kier molecular flexibility index (Phi) is 8.28. The van der Waals surface area contributed by atoms with Gasteiger partial charge in [-0.2, -0.15) is 0 Å². The highest BCUT2D eigenvalue weighted by Crippen LogP contribution is 2.47. The van der Waals surface area contributed by atoms with Crippen molar-refractivity contribution in [1.29, 1.82) is 0 Å². The molecule has 0 radical (unpaired) electrons. The fraction of sp³-hybridized carbons (Fsp3) is 0.611. The number of benzene rings is 1. The van der Waals surface area contributed by atoms with E-state index in [1.54, 1.807) is 0 Å². The number of nitrogens with one attached hydrogen (secondary N) is 1. The lowest BCUT2D eigenvalue weighted by Gasteiger charge is -2.26. The molecule has 1 aliphatic carbocycles. The lowest BCUT2D eigenvalue weighted by molar-refractivity contribution is 0.0376. The SMILES string of the molecule is I.NC(=NCC1CC1c1ccccc1)NCCCN1CCOCC1. The summed E-state index contributed by atoms with van der Waals surface area (Å²) in [5, 5.41) is 3.23. The van der Waals surface area contributed by atoms with Gasteiger partial charge in [-0.15, -0.1) is 24.0 Å². The number of hydrogen-bond donors (Lipinski definition) is 2. The number of nitrogens with zero attached hydrogens (tertiary/aromatic N) is 2. The summed E-state index contributed by atoms with van der Waals surface area (Å²) in [5.74, 6) is 1.92. The lowest BCUT2D eigenvalue weighted by Crippen LogP contribution is -2.39. The number of rotatable bonds is 7. The summed E-state index contributed by atoms with van der Waals surface area (Å²) >= 11 is 0. The number of ether oxygens (including phenoxy) is 1. The van der Waals surface area contributed by atoms with Crippen LogP contribution in [-0.4, -0.2) is 56.8 Å². The van der Waals surface area contributed by atoms with Crippen molar-refractivity contribution in [3.63, 3.8) is 0 Å². The third kappa shape index (κ3) is 6.22. The number of nitrogens with two attached hydrogens (primary N) is 1. The Labute approximate surface area is 162 Å². The average molecular weight is 444 g/mol. The van der Waals surface area contributed by atoms with E-state index in [2.05, 4.69) is 45.5 Å². The molecule has 2 aliphatic rings. The van der Waals surface area contributed by atoms with Crippen LogP contribution < -0.4 is 11.1 Å². The first-order chi connectivity index (χ1) is 11.3. The monoisotopic (exact) mass is 444 g/mol. The van der Waals surface area contributed by atoms with Gasteiger partial charge in [-0.25, -0.2) is 0 Å². The predicted octanol–water partition coefficient (Wildman–Crippen LogP) is 2.03. The second-order valence-corrected chi connectivity index (χ2v) is 6.47. The van der Waals surface area contributed by atoms with Crippen LogP contribution >= 0.6 is 24.0 Å². The first kappa shape index (κ1) is 19.5. The van der Waals surface area contributed by atoms with E-state index >= 15 is 0 Å². The van der Waals surface area contributed by atoms with Crippen LogP contribution in [0.3, 0.4) is 0 Å². The van der Waals surface area contributed by atoms with Crippen LogP contribution in [0.15, 0.2) is 35.3 Å². The molecule has 0 spiro atoms. The third-order valence-electron chi connectivity index (χ3n) is 4.71. The molecule has 0 amide bonds. The Morgan fingerprint density at radius 2 is 2.00 bits per heavy atom. The van der Waals surface area contributed by atoms with Crippen LogP contribution in [0.4, 0.5) is 0 Å². The molecule has 0 bridgehead atoms. The molecule has 0 aromatic heterocycles. The van der Waals surface area contributed by atoms with Gasteiger partial charge in [0.25, 0.3) is 0 Å². The minimum absolute atomic E-state index is 0. The molecule has 1 saturated heterocycles. The highest BCUT2D eigenvalue weighted by molar-refractivity contribution is 14.0. The lowest BCUT2D eigenvalue weighted by atomic mass is 10.1. The highest BCUT2D eigenvalue weighted by atomic mass is 127. The zero-order valence-electron chi connectivity index (χ0n) is 14.2. The van der Waals surface area contributed by atoms with Gasteiger partial charge in [0.2, 0.25) is 0 Å². The second-order valence-electron chi connectivity index (χ2n) is 6.47. The minimum Gasteiger partial charge on any atom is -0.379 e. The number of hydrogen-bond acceptors (Lipinski definition) is 3. The van der Waals surface area contributed by atoms with Crippen molar-refractivity contribution >= 4 is 29.9 Å². The molecule has 24 heavy (non-hydrogen) atoms. The van der Waals surface area contributed by atoms with Gasteiger partial charge >= 0.3 is 0 Å². The van der Waals surface area contributed by atoms with Crippen LogP contribution in [0.2, 0.25) is 0 Å². The van der Waals surface area contributed by atoms with Gasteiger partial charge < -0.3 is 15.8 Å². The Morgan fingerprint density at radius 1 is 1.25 bits per heavy atom. The highest BCUT2D eigenvalue weighted by Gasteiger charge is 2.37. The van der Waals surface area contributed by atoms with Crippen molar-refractivity contribution in [3.8, 4) is 0 Å². The van der Waals surface area contributed by atoms with Crippen molar-refractivity contribution in [2.75, 3.05) is 45.9 Å². The Morgan fingerprint density at radius 3 is 2.75 bits per heavy atom. The van der Waals surface area contributed by atoms with Gasteiger partial charge in [0, 0.05) is 26.2 Å². The number of guanidine groups is 1. The van der Waals surface area contributed by atoms with E-state index in [0.29, 0.717) is 17.8 Å². The quantitative estimate of drug-likeness (QED) is 0.293.